The van der Waals surface area contributed by atoms with E-state index in [0.29, 0.717) is 0 Å². The molecule has 0 saturated carbocycles. The molecule has 0 aliphatic carbocycles. The van der Waals surface area contributed by atoms with E-state index in [1.54, 1.807) is 0 Å². The Labute approximate surface area is 74.1 Å². The van der Waals surface area contributed by atoms with Crippen LogP contribution in [0.25, 0.3) is 0 Å². The van der Waals surface area contributed by atoms with Crippen LogP contribution in [-0.2, 0) is 4.74 Å². The summed E-state index contributed by atoms with van der Waals surface area (Å²) in [6.07, 6.45) is -10.7. The highest BCUT2D eigenvalue weighted by Gasteiger charge is 2.59. The molecule has 0 amide bonds. The van der Waals surface area contributed by atoms with Crippen molar-refractivity contribution in [3.63, 3.8) is 0 Å². The number of hydrogen-bond donors (Lipinski definition) is 0. The number of ether oxygens (including phenoxy) is 1. The SMILES string of the molecule is C=C(F)C(F)(F)OC(C)(F)C(F)(F)F. The average molecular weight is 226 g/mol. The fourth-order valence-electron chi connectivity index (χ4n) is 0.354. The first-order chi connectivity index (χ1) is 5.90. The van der Waals surface area contributed by atoms with Crippen molar-refractivity contribution >= 4 is 0 Å². The van der Waals surface area contributed by atoms with Crippen LogP contribution in [0, 0.1) is 0 Å². The predicted octanol–water partition coefficient (Wildman–Crippen LogP) is 3.33. The van der Waals surface area contributed by atoms with Gasteiger partial charge in [-0.2, -0.15) is 22.0 Å². The average Bonchev–Trinajstić information content (AvgIpc) is 1.80. The maximum Gasteiger partial charge on any atom is 0.448 e. The van der Waals surface area contributed by atoms with Crippen molar-refractivity contribution in [3.8, 4) is 0 Å². The normalized spacial score (nSPS) is 17.7. The van der Waals surface area contributed by atoms with Crippen LogP contribution in [0.5, 0.6) is 0 Å². The van der Waals surface area contributed by atoms with Gasteiger partial charge < -0.3 is 0 Å². The maximum absolute atomic E-state index is 12.4. The third-order valence-electron chi connectivity index (χ3n) is 1.14. The van der Waals surface area contributed by atoms with Gasteiger partial charge in [0, 0.05) is 6.92 Å². The Morgan fingerprint density at radius 2 is 1.43 bits per heavy atom. The molecule has 0 bridgehead atoms. The molecule has 0 spiro atoms. The summed E-state index contributed by atoms with van der Waals surface area (Å²) in [5.74, 6) is -7.16. The zero-order valence-corrected chi connectivity index (χ0v) is 6.76. The van der Waals surface area contributed by atoms with E-state index in [2.05, 4.69) is 4.74 Å². The van der Waals surface area contributed by atoms with Gasteiger partial charge in [-0.15, -0.1) is 0 Å². The Balaban J connectivity index is 4.76. The predicted molar refractivity (Wildman–Crippen MR) is 31.8 cm³/mol. The summed E-state index contributed by atoms with van der Waals surface area (Å²) >= 11 is 0. The Hall–Kier alpha value is -0.790. The lowest BCUT2D eigenvalue weighted by Crippen LogP contribution is -2.45. The lowest BCUT2D eigenvalue weighted by molar-refractivity contribution is -0.396. The van der Waals surface area contributed by atoms with Crippen LogP contribution in [-0.4, -0.2) is 18.1 Å². The molecular formula is C6H5F7O. The van der Waals surface area contributed by atoms with Gasteiger partial charge in [0.05, 0.1) is 0 Å². The second-order valence-corrected chi connectivity index (χ2v) is 2.44. The minimum absolute atomic E-state index is 0.302. The summed E-state index contributed by atoms with van der Waals surface area (Å²) in [7, 11) is 0. The molecule has 0 radical (unpaired) electrons. The summed E-state index contributed by atoms with van der Waals surface area (Å²) in [5.41, 5.74) is 0. The molecule has 1 unspecified atom stereocenters. The van der Waals surface area contributed by atoms with Crippen molar-refractivity contribution in [2.75, 3.05) is 0 Å². The minimum Gasteiger partial charge on any atom is -0.269 e. The molecule has 0 aliphatic rings. The summed E-state index contributed by atoms with van der Waals surface area (Å²) in [6.45, 7) is 1.72. The third-order valence-corrected chi connectivity index (χ3v) is 1.14. The Morgan fingerprint density at radius 3 is 1.64 bits per heavy atom. The smallest absolute Gasteiger partial charge is 0.269 e. The van der Waals surface area contributed by atoms with Crippen molar-refractivity contribution < 1.29 is 35.5 Å². The van der Waals surface area contributed by atoms with Gasteiger partial charge in [-0.25, -0.2) is 8.78 Å². The lowest BCUT2D eigenvalue weighted by atomic mass is 10.3. The van der Waals surface area contributed by atoms with Crippen LogP contribution in [0.2, 0.25) is 0 Å². The first-order valence-corrected chi connectivity index (χ1v) is 3.08. The van der Waals surface area contributed by atoms with Gasteiger partial charge in [0.25, 0.3) is 0 Å². The molecular weight excluding hydrogens is 221 g/mol. The van der Waals surface area contributed by atoms with E-state index in [4.69, 9.17) is 0 Å². The second kappa shape index (κ2) is 3.41. The molecule has 0 aromatic heterocycles. The second-order valence-electron chi connectivity index (χ2n) is 2.44. The lowest BCUT2D eigenvalue weighted by Gasteiger charge is -2.27. The molecule has 0 fully saturated rings. The van der Waals surface area contributed by atoms with Crippen LogP contribution >= 0.6 is 0 Å². The van der Waals surface area contributed by atoms with Crippen molar-refractivity contribution in [2.45, 2.75) is 25.1 Å². The van der Waals surface area contributed by atoms with Gasteiger partial charge in [-0.1, -0.05) is 6.58 Å². The molecule has 0 heterocycles. The molecule has 84 valence electrons. The highest BCUT2D eigenvalue weighted by Crippen LogP contribution is 2.40. The van der Waals surface area contributed by atoms with Crippen LogP contribution in [0.4, 0.5) is 30.7 Å². The summed E-state index contributed by atoms with van der Waals surface area (Å²) in [5, 5.41) is 0. The van der Waals surface area contributed by atoms with E-state index in [-0.39, 0.29) is 6.92 Å². The Bertz CT molecular complexity index is 229. The number of hydrogen-bond acceptors (Lipinski definition) is 1. The number of rotatable bonds is 3. The topological polar surface area (TPSA) is 9.23 Å². The van der Waals surface area contributed by atoms with Crippen LogP contribution in [0.3, 0.4) is 0 Å². The van der Waals surface area contributed by atoms with E-state index in [9.17, 15) is 30.7 Å². The Kier molecular flexibility index (Phi) is 3.22. The minimum atomic E-state index is -5.69. The maximum atomic E-state index is 12.4. The molecule has 1 atom stereocenters. The van der Waals surface area contributed by atoms with Crippen molar-refractivity contribution in [2.24, 2.45) is 0 Å². The quantitative estimate of drug-likeness (QED) is 0.670. The van der Waals surface area contributed by atoms with Crippen LogP contribution in [0.15, 0.2) is 12.4 Å². The van der Waals surface area contributed by atoms with E-state index < -0.39 is 24.0 Å². The van der Waals surface area contributed by atoms with E-state index in [0.717, 1.165) is 0 Å². The fourth-order valence-corrected chi connectivity index (χ4v) is 0.354. The van der Waals surface area contributed by atoms with Gasteiger partial charge in [-0.3, -0.25) is 4.74 Å². The summed E-state index contributed by atoms with van der Waals surface area (Å²) in [6, 6.07) is 0. The molecule has 0 aromatic rings. The first-order valence-electron chi connectivity index (χ1n) is 3.08. The third kappa shape index (κ3) is 2.86. The van der Waals surface area contributed by atoms with E-state index >= 15 is 0 Å². The first kappa shape index (κ1) is 13.2. The molecule has 0 aliphatic heterocycles. The largest absolute Gasteiger partial charge is 0.448 e. The number of alkyl halides is 6. The highest BCUT2D eigenvalue weighted by molar-refractivity contribution is 4.92. The molecule has 0 N–H and O–H groups in total. The molecule has 0 rings (SSSR count). The van der Waals surface area contributed by atoms with Crippen molar-refractivity contribution in [1.29, 1.82) is 0 Å². The van der Waals surface area contributed by atoms with E-state index in [1.807, 2.05) is 6.58 Å². The summed E-state index contributed by atoms with van der Waals surface area (Å²) in [4.78, 5) is 0. The molecule has 0 saturated heterocycles. The highest BCUT2D eigenvalue weighted by atomic mass is 19.4. The molecule has 1 nitrogen and oxygen atoms in total. The van der Waals surface area contributed by atoms with Gasteiger partial charge in [0.1, 0.15) is 0 Å². The fraction of sp³-hybridized carbons (Fsp3) is 0.667. The molecule has 8 heteroatoms. The van der Waals surface area contributed by atoms with Gasteiger partial charge in [0.2, 0.25) is 0 Å². The van der Waals surface area contributed by atoms with Crippen molar-refractivity contribution in [1.82, 2.24) is 0 Å². The zero-order valence-electron chi connectivity index (χ0n) is 6.76. The summed E-state index contributed by atoms with van der Waals surface area (Å²) < 4.78 is 86.1. The molecule has 0 aromatic carbocycles. The van der Waals surface area contributed by atoms with Crippen LogP contribution in [0.1, 0.15) is 6.92 Å². The standard InChI is InChI=1S/C6H5F7O/c1-3(7)5(9,10)14-4(2,8)6(11,12)13/h1H2,2H3. The van der Waals surface area contributed by atoms with Gasteiger partial charge in [-0.05, 0) is 0 Å². The van der Waals surface area contributed by atoms with Crippen LogP contribution < -0.4 is 0 Å². The van der Waals surface area contributed by atoms with E-state index in [1.165, 1.54) is 0 Å². The van der Waals surface area contributed by atoms with Crippen molar-refractivity contribution in [3.05, 3.63) is 12.4 Å². The number of halogens is 7. The van der Waals surface area contributed by atoms with Gasteiger partial charge >= 0.3 is 18.1 Å². The molecule has 14 heavy (non-hydrogen) atoms. The van der Waals surface area contributed by atoms with Gasteiger partial charge in [0.15, 0.2) is 5.83 Å². The zero-order chi connectivity index (χ0) is 11.8. The monoisotopic (exact) mass is 226 g/mol. The Morgan fingerprint density at radius 1 is 1.07 bits per heavy atom.